The Bertz CT molecular complexity index is 1900. The molecule has 52 heavy (non-hydrogen) atoms. The van der Waals surface area contributed by atoms with E-state index in [1.807, 2.05) is 42.5 Å². The van der Waals surface area contributed by atoms with Crippen LogP contribution in [0.1, 0.15) is 56.0 Å². The highest BCUT2D eigenvalue weighted by Crippen LogP contribution is 2.44. The molecule has 7 rings (SSSR count). The van der Waals surface area contributed by atoms with Crippen LogP contribution in [-0.4, -0.2) is 111 Å². The molecule has 0 amide bonds. The molecule has 1 atom stereocenters. The van der Waals surface area contributed by atoms with Gasteiger partial charge in [-0.15, -0.1) is 21.6 Å². The second kappa shape index (κ2) is 15.2. The topological polar surface area (TPSA) is 160 Å². The van der Waals surface area contributed by atoms with Crippen LogP contribution in [0.5, 0.6) is 5.75 Å². The summed E-state index contributed by atoms with van der Waals surface area (Å²) < 4.78 is 52.2. The summed E-state index contributed by atoms with van der Waals surface area (Å²) in [5.41, 5.74) is 3.70. The lowest BCUT2D eigenvalue weighted by Crippen LogP contribution is -2.39. The number of rotatable bonds is 9. The Morgan fingerprint density at radius 1 is 0.827 bits per heavy atom. The third-order valence-electron chi connectivity index (χ3n) is 10.7. The summed E-state index contributed by atoms with van der Waals surface area (Å²) in [7, 11) is -3.42. The molecular formula is C37H51N7O6S2. The van der Waals surface area contributed by atoms with Crippen LogP contribution in [0.15, 0.2) is 65.6 Å². The van der Waals surface area contributed by atoms with Gasteiger partial charge in [-0.1, -0.05) is 24.3 Å². The summed E-state index contributed by atoms with van der Waals surface area (Å²) in [6.07, 6.45) is 9.80. The zero-order valence-corrected chi connectivity index (χ0v) is 31.7. The molecule has 0 spiro atoms. The number of pyridine rings is 1. The largest absolute Gasteiger partial charge is 0.489 e. The van der Waals surface area contributed by atoms with E-state index in [2.05, 4.69) is 34.4 Å². The van der Waals surface area contributed by atoms with Gasteiger partial charge in [0.1, 0.15) is 17.5 Å². The van der Waals surface area contributed by atoms with E-state index in [4.69, 9.17) is 9.72 Å². The maximum Gasteiger partial charge on any atom is 0.260 e. The second-order valence-electron chi connectivity index (χ2n) is 14.6. The van der Waals surface area contributed by atoms with E-state index >= 15 is 0 Å². The Balaban J connectivity index is 1.15. The van der Waals surface area contributed by atoms with E-state index < -0.39 is 21.6 Å². The molecule has 3 fully saturated rings. The molecule has 0 saturated carbocycles. The van der Waals surface area contributed by atoms with Crippen molar-refractivity contribution in [3.63, 3.8) is 0 Å². The minimum atomic E-state index is -2.84. The predicted octanol–water partition coefficient (Wildman–Crippen LogP) is 7.08. The number of piperidine rings is 3. The van der Waals surface area contributed by atoms with Crippen LogP contribution >= 0.6 is 21.6 Å². The zero-order valence-electron chi connectivity index (χ0n) is 30.1. The zero-order chi connectivity index (χ0) is 36.6. The average Bonchev–Trinajstić information content (AvgIpc) is 3.12. The highest BCUT2D eigenvalue weighted by Gasteiger charge is 2.30. The number of nitrogens with zero attached hydrogens (tertiary/aromatic N) is 6. The molecule has 3 aliphatic rings. The third kappa shape index (κ3) is 8.43. The van der Waals surface area contributed by atoms with Crippen molar-refractivity contribution in [2.45, 2.75) is 56.6 Å². The summed E-state index contributed by atoms with van der Waals surface area (Å²) in [5.74, 6) is 1.49. The number of anilines is 2. The summed E-state index contributed by atoms with van der Waals surface area (Å²) >= 11 is 0. The van der Waals surface area contributed by atoms with Crippen LogP contribution in [0, 0.1) is 0 Å². The molecule has 5 N–H and O–H groups in total. The van der Waals surface area contributed by atoms with Crippen molar-refractivity contribution in [1.82, 2.24) is 28.0 Å². The van der Waals surface area contributed by atoms with Gasteiger partial charge in [-0.3, -0.25) is 27.6 Å². The molecule has 2 aromatic heterocycles. The predicted molar refractivity (Wildman–Crippen MR) is 211 cm³/mol. The number of ether oxygens (including phenoxy) is 1. The smallest absolute Gasteiger partial charge is 0.260 e. The number of likely N-dealkylation sites (N-methyl/N-ethyl adjacent to an activating group) is 1. The minimum absolute atomic E-state index is 0.150. The van der Waals surface area contributed by atoms with Crippen LogP contribution in [0.25, 0.3) is 22.2 Å². The number of hydrogen-bond acceptors (Lipinski definition) is 12. The molecule has 0 radical (unpaired) electrons. The van der Waals surface area contributed by atoms with Gasteiger partial charge >= 0.3 is 0 Å². The minimum Gasteiger partial charge on any atom is -0.489 e. The number of aromatic nitrogens is 3. The van der Waals surface area contributed by atoms with Gasteiger partial charge < -0.3 is 15.0 Å². The van der Waals surface area contributed by atoms with Gasteiger partial charge in [-0.2, -0.15) is 4.98 Å². The maximum atomic E-state index is 14.5. The van der Waals surface area contributed by atoms with Gasteiger partial charge in [0, 0.05) is 74.1 Å². The quantitative estimate of drug-likeness (QED) is 0.118. The number of fused-ring (bicyclic) bond motifs is 1. The summed E-state index contributed by atoms with van der Waals surface area (Å²) in [6.45, 7) is 4.16. The van der Waals surface area contributed by atoms with E-state index in [1.54, 1.807) is 19.4 Å². The molecule has 3 saturated heterocycles. The fourth-order valence-electron chi connectivity index (χ4n) is 7.80. The molecule has 5 heterocycles. The second-order valence-corrected chi connectivity index (χ2v) is 18.8. The van der Waals surface area contributed by atoms with Crippen molar-refractivity contribution in [3.8, 4) is 16.9 Å². The molecule has 13 nitrogen and oxygen atoms in total. The Morgan fingerprint density at radius 3 is 2.08 bits per heavy atom. The molecular weight excluding hydrogens is 703 g/mol. The van der Waals surface area contributed by atoms with Crippen LogP contribution in [0.4, 0.5) is 11.6 Å². The standard InChI is InChI=1S/C37H51N7O6S2/c1-41-18-4-5-33(25-41)50-32-12-10-30(11-13-32)39-37-38-24-29-23-34(28-8-6-26(7-9-28)27-14-19-42(20-15-27)51(2,46)47)36(45)44(35(29)40-37)31-16-21-43(22-17-31)52(3,48)49/h6-13,23-24,27,31,33,46-49H,4-5,14-22,25H2,1-3H3,(H,38,39,40). The molecule has 3 aliphatic heterocycles. The SMILES string of the molecule is CN1CCCC(Oc2ccc(Nc3ncc4cc(-c5ccc(C6CCN(S(C)(O)O)CC6)cc5)c(=O)n(C5CCN(S(C)(O)O)CC5)c4n3)cc2)C1. The first-order valence-corrected chi connectivity index (χ1v) is 21.9. The molecule has 15 heteroatoms. The maximum absolute atomic E-state index is 14.5. The molecule has 4 aromatic rings. The number of nitrogens with one attached hydrogen (secondary N) is 1. The van der Waals surface area contributed by atoms with Crippen molar-refractivity contribution in [3.05, 3.63) is 76.7 Å². The number of hydrogen-bond donors (Lipinski definition) is 5. The van der Waals surface area contributed by atoms with Crippen molar-refractivity contribution in [2.75, 3.05) is 64.1 Å². The summed E-state index contributed by atoms with van der Waals surface area (Å²) in [6, 6.07) is 17.6. The van der Waals surface area contributed by atoms with Crippen molar-refractivity contribution < 1.29 is 22.9 Å². The first-order chi connectivity index (χ1) is 24.8. The first kappa shape index (κ1) is 37.1. The van der Waals surface area contributed by atoms with Gasteiger partial charge in [-0.05, 0) is 99.5 Å². The van der Waals surface area contributed by atoms with E-state index in [9.17, 15) is 23.0 Å². The lowest BCUT2D eigenvalue weighted by Gasteiger charge is -2.43. The van der Waals surface area contributed by atoms with E-state index in [0.717, 1.165) is 61.2 Å². The van der Waals surface area contributed by atoms with E-state index in [1.165, 1.54) is 18.1 Å². The summed E-state index contributed by atoms with van der Waals surface area (Å²) in [5, 5.41) is 4.04. The molecule has 1 unspecified atom stereocenters. The van der Waals surface area contributed by atoms with Crippen LogP contribution < -0.4 is 15.6 Å². The van der Waals surface area contributed by atoms with Gasteiger partial charge in [-0.25, -0.2) is 13.6 Å². The Hall–Kier alpha value is -3.25. The normalized spacial score (nSPS) is 21.3. The van der Waals surface area contributed by atoms with Crippen molar-refractivity contribution >= 4 is 44.2 Å². The Labute approximate surface area is 308 Å². The monoisotopic (exact) mass is 753 g/mol. The van der Waals surface area contributed by atoms with Gasteiger partial charge in [0.2, 0.25) is 5.95 Å². The third-order valence-corrected chi connectivity index (χ3v) is 13.4. The fourth-order valence-corrected chi connectivity index (χ4v) is 9.60. The van der Waals surface area contributed by atoms with E-state index in [-0.39, 0.29) is 17.7 Å². The average molecular weight is 754 g/mol. The van der Waals surface area contributed by atoms with Gasteiger partial charge in [0.15, 0.2) is 0 Å². The van der Waals surface area contributed by atoms with Gasteiger partial charge in [0.25, 0.3) is 5.56 Å². The van der Waals surface area contributed by atoms with Crippen molar-refractivity contribution in [2.24, 2.45) is 0 Å². The Kier molecular flexibility index (Phi) is 10.9. The molecule has 282 valence electrons. The molecule has 2 aromatic carbocycles. The van der Waals surface area contributed by atoms with Gasteiger partial charge in [0.05, 0.1) is 0 Å². The first-order valence-electron chi connectivity index (χ1n) is 18.0. The van der Waals surface area contributed by atoms with Crippen LogP contribution in [0.2, 0.25) is 0 Å². The lowest BCUT2D eigenvalue weighted by molar-refractivity contribution is 0.104. The van der Waals surface area contributed by atoms with Crippen LogP contribution in [-0.2, 0) is 0 Å². The fraction of sp³-hybridized carbons (Fsp3) is 0.486. The number of benzene rings is 2. The highest BCUT2D eigenvalue weighted by molar-refractivity contribution is 8.21. The summed E-state index contributed by atoms with van der Waals surface area (Å²) in [4.78, 5) is 26.3. The highest BCUT2D eigenvalue weighted by atomic mass is 32.3. The lowest BCUT2D eigenvalue weighted by atomic mass is 9.89. The molecule has 0 bridgehead atoms. The Morgan fingerprint density at radius 2 is 1.46 bits per heavy atom. The van der Waals surface area contributed by atoms with E-state index in [0.29, 0.717) is 62.1 Å². The van der Waals surface area contributed by atoms with Crippen molar-refractivity contribution in [1.29, 1.82) is 0 Å². The van der Waals surface area contributed by atoms with Crippen LogP contribution in [0.3, 0.4) is 0 Å². The molecule has 0 aliphatic carbocycles. The number of likely N-dealkylation sites (tertiary alicyclic amines) is 1.